The van der Waals surface area contributed by atoms with E-state index in [1.165, 1.54) is 16.1 Å². The first-order chi connectivity index (χ1) is 20.6. The van der Waals surface area contributed by atoms with Crippen LogP contribution in [0.1, 0.15) is 29.3 Å². The Morgan fingerprint density at radius 1 is 1.17 bits per heavy atom. The van der Waals surface area contributed by atoms with Crippen molar-refractivity contribution in [1.29, 1.82) is 0 Å². The van der Waals surface area contributed by atoms with Gasteiger partial charge in [0, 0.05) is 30.1 Å². The molecule has 1 fully saturated rings. The number of nitrogens with one attached hydrogen (secondary N) is 1. The molecule has 0 spiro atoms. The minimum absolute atomic E-state index is 0.0355. The van der Waals surface area contributed by atoms with E-state index < -0.39 is 6.04 Å². The highest BCUT2D eigenvalue weighted by molar-refractivity contribution is 7.10. The number of methoxy groups -OCH3 is 1. The number of nitrogens with zero attached hydrogens (tertiary/aromatic N) is 5. The highest BCUT2D eigenvalue weighted by Crippen LogP contribution is 2.34. The first kappa shape index (κ1) is 27.7. The van der Waals surface area contributed by atoms with Crippen LogP contribution in [0.3, 0.4) is 0 Å². The van der Waals surface area contributed by atoms with Gasteiger partial charge in [-0.05, 0) is 71.5 Å². The molecule has 13 heteroatoms. The van der Waals surface area contributed by atoms with E-state index in [9.17, 15) is 9.59 Å². The number of ether oxygens (including phenoxy) is 4. The Morgan fingerprint density at radius 3 is 2.79 bits per heavy atom. The van der Waals surface area contributed by atoms with Gasteiger partial charge in [0.25, 0.3) is 0 Å². The second-order valence-electron chi connectivity index (χ2n) is 9.88. The molecular formula is C29H30N6O6S. The summed E-state index contributed by atoms with van der Waals surface area (Å²) in [5, 5.41) is 17.6. The van der Waals surface area contributed by atoms with Crippen LogP contribution in [-0.4, -0.2) is 70.1 Å². The first-order valence-electron chi connectivity index (χ1n) is 13.6. The molecule has 2 aliphatic rings. The van der Waals surface area contributed by atoms with Crippen LogP contribution in [0.5, 0.6) is 17.2 Å². The lowest BCUT2D eigenvalue weighted by Crippen LogP contribution is -2.45. The number of carbonyl (C=O) groups excluding carboxylic acids is 2. The van der Waals surface area contributed by atoms with E-state index in [0.29, 0.717) is 36.2 Å². The van der Waals surface area contributed by atoms with Crippen molar-refractivity contribution in [2.45, 2.75) is 38.1 Å². The average molecular weight is 591 g/mol. The van der Waals surface area contributed by atoms with Crippen LogP contribution in [0.2, 0.25) is 0 Å². The van der Waals surface area contributed by atoms with Gasteiger partial charge in [-0.1, -0.05) is 12.1 Å². The fraction of sp³-hybridized carbons (Fsp3) is 0.345. The number of thiophene rings is 1. The second kappa shape index (κ2) is 12.6. The molecule has 2 atom stereocenters. The van der Waals surface area contributed by atoms with Crippen LogP contribution in [0, 0.1) is 0 Å². The lowest BCUT2D eigenvalue weighted by molar-refractivity contribution is -0.142. The van der Waals surface area contributed by atoms with Gasteiger partial charge in [-0.15, -0.1) is 21.5 Å². The van der Waals surface area contributed by atoms with E-state index in [1.54, 1.807) is 30.2 Å². The standard InChI is InChI=1S/C29H30N6O6S/c1-38-21-9-7-20(8-10-21)28-31-33-35(32-28)17-26(36)34(16-19-6-11-23-24(14-19)41-18-40-23)27(25-5-3-13-42-25)29(37)30-15-22-4-2-12-39-22/h3,5-11,13-14,22,27H,2,4,12,15-18H2,1H3,(H,30,37)/t22-,27+/m0/s1. The third-order valence-electron chi connectivity index (χ3n) is 7.09. The average Bonchev–Trinajstić information content (AvgIpc) is 3.84. The molecule has 0 bridgehead atoms. The number of hydrogen-bond acceptors (Lipinski definition) is 10. The summed E-state index contributed by atoms with van der Waals surface area (Å²) < 4.78 is 21.9. The number of rotatable bonds is 11. The predicted octanol–water partition coefficient (Wildman–Crippen LogP) is 3.20. The van der Waals surface area contributed by atoms with Gasteiger partial charge in [-0.2, -0.15) is 4.80 Å². The van der Waals surface area contributed by atoms with Crippen molar-refractivity contribution in [3.8, 4) is 28.6 Å². The molecule has 6 rings (SSSR count). The first-order valence-corrected chi connectivity index (χ1v) is 14.5. The van der Waals surface area contributed by atoms with E-state index in [1.807, 2.05) is 41.8 Å². The Kier molecular flexibility index (Phi) is 8.28. The predicted molar refractivity (Wildman–Crippen MR) is 152 cm³/mol. The molecule has 4 aromatic rings. The Bertz CT molecular complexity index is 1520. The fourth-order valence-electron chi connectivity index (χ4n) is 4.92. The van der Waals surface area contributed by atoms with Gasteiger partial charge >= 0.3 is 0 Å². The molecule has 2 aromatic carbocycles. The molecule has 0 radical (unpaired) electrons. The maximum absolute atomic E-state index is 14.0. The molecule has 4 heterocycles. The third kappa shape index (κ3) is 6.21. The Balaban J connectivity index is 1.27. The largest absolute Gasteiger partial charge is 0.497 e. The minimum atomic E-state index is -0.881. The molecule has 0 unspecified atom stereocenters. The Labute approximate surface area is 246 Å². The Hall–Kier alpha value is -4.49. The molecule has 0 saturated carbocycles. The summed E-state index contributed by atoms with van der Waals surface area (Å²) in [6.07, 6.45) is 1.82. The number of aromatic nitrogens is 4. The summed E-state index contributed by atoms with van der Waals surface area (Å²) in [7, 11) is 1.59. The second-order valence-corrected chi connectivity index (χ2v) is 10.9. The highest BCUT2D eigenvalue weighted by Gasteiger charge is 2.34. The topological polar surface area (TPSA) is 130 Å². The number of hydrogen-bond donors (Lipinski definition) is 1. The van der Waals surface area contributed by atoms with Crippen molar-refractivity contribution < 1.29 is 28.5 Å². The SMILES string of the molecule is COc1ccc(-c2nnn(CC(=O)N(Cc3ccc4c(c3)OCO4)[C@@H](C(=O)NC[C@@H]3CCCO3)c3cccs3)n2)cc1. The summed E-state index contributed by atoms with van der Waals surface area (Å²) in [5.41, 5.74) is 1.52. The monoisotopic (exact) mass is 590 g/mol. The number of fused-ring (bicyclic) bond motifs is 1. The van der Waals surface area contributed by atoms with E-state index >= 15 is 0 Å². The maximum atomic E-state index is 14.0. The van der Waals surface area contributed by atoms with Gasteiger partial charge in [0.1, 0.15) is 18.3 Å². The summed E-state index contributed by atoms with van der Waals surface area (Å²) in [6.45, 7) is 1.13. The quantitative estimate of drug-likeness (QED) is 0.280. The van der Waals surface area contributed by atoms with Crippen LogP contribution in [0.25, 0.3) is 11.4 Å². The van der Waals surface area contributed by atoms with Gasteiger partial charge in [-0.3, -0.25) is 9.59 Å². The fourth-order valence-corrected chi connectivity index (χ4v) is 5.76. The van der Waals surface area contributed by atoms with E-state index in [4.69, 9.17) is 18.9 Å². The number of benzene rings is 2. The van der Waals surface area contributed by atoms with Crippen LogP contribution in [-0.2, 0) is 27.4 Å². The normalized spacial score (nSPS) is 16.3. The molecule has 12 nitrogen and oxygen atoms in total. The zero-order valence-corrected chi connectivity index (χ0v) is 23.8. The van der Waals surface area contributed by atoms with Crippen molar-refractivity contribution in [2.75, 3.05) is 27.1 Å². The van der Waals surface area contributed by atoms with Gasteiger partial charge in [-0.25, -0.2) is 0 Å². The van der Waals surface area contributed by atoms with Gasteiger partial charge < -0.3 is 29.2 Å². The highest BCUT2D eigenvalue weighted by atomic mass is 32.1. The maximum Gasteiger partial charge on any atom is 0.248 e. The minimum Gasteiger partial charge on any atom is -0.497 e. The molecule has 2 aromatic heterocycles. The molecule has 2 aliphatic heterocycles. The molecule has 0 aliphatic carbocycles. The summed E-state index contributed by atoms with van der Waals surface area (Å²) in [6, 6.07) is 15.6. The number of carbonyl (C=O) groups is 2. The van der Waals surface area contributed by atoms with Crippen molar-refractivity contribution in [3.05, 3.63) is 70.4 Å². The zero-order valence-electron chi connectivity index (χ0n) is 23.0. The third-order valence-corrected chi connectivity index (χ3v) is 8.01. The number of tetrazole rings is 1. The smallest absolute Gasteiger partial charge is 0.248 e. The molecule has 2 amide bonds. The van der Waals surface area contributed by atoms with Crippen molar-refractivity contribution in [2.24, 2.45) is 0 Å². The zero-order chi connectivity index (χ0) is 28.9. The molecule has 42 heavy (non-hydrogen) atoms. The lowest BCUT2D eigenvalue weighted by Gasteiger charge is -2.31. The molecule has 1 N–H and O–H groups in total. The molecule has 218 valence electrons. The van der Waals surface area contributed by atoms with Crippen molar-refractivity contribution in [1.82, 2.24) is 30.4 Å². The van der Waals surface area contributed by atoms with Gasteiger partial charge in [0.15, 0.2) is 11.5 Å². The van der Waals surface area contributed by atoms with E-state index in [2.05, 4.69) is 20.7 Å². The molecular weight excluding hydrogens is 560 g/mol. The summed E-state index contributed by atoms with van der Waals surface area (Å²) >= 11 is 1.41. The van der Waals surface area contributed by atoms with Crippen LogP contribution < -0.4 is 19.5 Å². The molecule has 1 saturated heterocycles. The Morgan fingerprint density at radius 2 is 2.02 bits per heavy atom. The summed E-state index contributed by atoms with van der Waals surface area (Å²) in [5.74, 6) is 1.68. The van der Waals surface area contributed by atoms with Crippen LogP contribution in [0.15, 0.2) is 60.0 Å². The van der Waals surface area contributed by atoms with Crippen LogP contribution >= 0.6 is 11.3 Å². The van der Waals surface area contributed by atoms with E-state index in [0.717, 1.165) is 28.8 Å². The van der Waals surface area contributed by atoms with Crippen LogP contribution in [0.4, 0.5) is 0 Å². The van der Waals surface area contributed by atoms with Crippen molar-refractivity contribution >= 4 is 23.2 Å². The number of amides is 2. The summed E-state index contributed by atoms with van der Waals surface area (Å²) in [4.78, 5) is 31.3. The van der Waals surface area contributed by atoms with Gasteiger partial charge in [0.2, 0.25) is 24.4 Å². The lowest BCUT2D eigenvalue weighted by atomic mass is 10.1. The van der Waals surface area contributed by atoms with E-state index in [-0.39, 0.29) is 37.8 Å². The van der Waals surface area contributed by atoms with Crippen molar-refractivity contribution in [3.63, 3.8) is 0 Å². The van der Waals surface area contributed by atoms with Gasteiger partial charge in [0.05, 0.1) is 13.2 Å².